The minimum absolute atomic E-state index is 0.0660. The third-order valence-corrected chi connectivity index (χ3v) is 5.92. The molecule has 1 N–H and O–H groups in total. The predicted octanol–water partition coefficient (Wildman–Crippen LogP) is 4.08. The van der Waals surface area contributed by atoms with Gasteiger partial charge in [-0.1, -0.05) is 54.9 Å². The zero-order valence-electron chi connectivity index (χ0n) is 13.2. The van der Waals surface area contributed by atoms with Gasteiger partial charge in [-0.2, -0.15) is 0 Å². The Morgan fingerprint density at radius 2 is 2.09 bits per heavy atom. The number of carbonyl (C=O) groups is 1. The summed E-state index contributed by atoms with van der Waals surface area (Å²) in [5.74, 6) is 0.246. The molecule has 2 aliphatic rings. The van der Waals surface area contributed by atoms with Crippen LogP contribution in [0.1, 0.15) is 18.9 Å². The Balaban J connectivity index is 1.90. The van der Waals surface area contributed by atoms with E-state index in [4.69, 9.17) is 23.2 Å². The number of nitrogens with one attached hydrogen (secondary N) is 1. The first-order valence-electron chi connectivity index (χ1n) is 8.04. The maximum atomic E-state index is 13.3. The van der Waals surface area contributed by atoms with E-state index in [-0.39, 0.29) is 22.5 Å². The second-order valence-electron chi connectivity index (χ2n) is 6.61. The van der Waals surface area contributed by atoms with Crippen molar-refractivity contribution in [3.8, 4) is 0 Å². The van der Waals surface area contributed by atoms with Crippen LogP contribution >= 0.6 is 23.2 Å². The minimum Gasteiger partial charge on any atom is -0.316 e. The van der Waals surface area contributed by atoms with Crippen molar-refractivity contribution in [3.05, 3.63) is 58.7 Å². The van der Waals surface area contributed by atoms with Gasteiger partial charge in [0, 0.05) is 17.2 Å². The number of rotatable bonds is 4. The molecule has 1 saturated heterocycles. The Hall–Kier alpha value is -1.09. The summed E-state index contributed by atoms with van der Waals surface area (Å²) in [5.41, 5.74) is 1.51. The van der Waals surface area contributed by atoms with Gasteiger partial charge in [0.1, 0.15) is 0 Å². The average molecular weight is 350 g/mol. The molecule has 1 aromatic carbocycles. The molecule has 1 aromatic rings. The molecule has 4 heteroatoms. The highest BCUT2D eigenvalue weighted by Gasteiger charge is 2.42. The van der Waals surface area contributed by atoms with Gasteiger partial charge in [0.05, 0.1) is 10.8 Å². The Bertz CT molecular complexity index is 645. The lowest BCUT2D eigenvalue weighted by Crippen LogP contribution is -2.37. The fourth-order valence-corrected chi connectivity index (χ4v) is 3.95. The van der Waals surface area contributed by atoms with E-state index in [9.17, 15) is 4.79 Å². The van der Waals surface area contributed by atoms with Crippen LogP contribution in [0.5, 0.6) is 0 Å². The lowest BCUT2D eigenvalue weighted by molar-refractivity contribution is -0.123. The molecule has 0 spiro atoms. The van der Waals surface area contributed by atoms with Crippen LogP contribution in [-0.4, -0.2) is 24.2 Å². The predicted molar refractivity (Wildman–Crippen MR) is 95.9 cm³/mol. The lowest BCUT2D eigenvalue weighted by Gasteiger charge is -2.29. The molecule has 0 aromatic heterocycles. The van der Waals surface area contributed by atoms with Crippen molar-refractivity contribution < 1.29 is 4.79 Å². The maximum Gasteiger partial charge on any atom is 0.170 e. The summed E-state index contributed by atoms with van der Waals surface area (Å²) in [6, 6.07) is 10.2. The number of hydrogen-bond donors (Lipinski definition) is 1. The zero-order valence-corrected chi connectivity index (χ0v) is 14.7. The van der Waals surface area contributed by atoms with Gasteiger partial charge in [0.2, 0.25) is 0 Å². The van der Waals surface area contributed by atoms with Crippen LogP contribution in [0, 0.1) is 11.3 Å². The van der Waals surface area contributed by atoms with Gasteiger partial charge < -0.3 is 5.32 Å². The van der Waals surface area contributed by atoms with E-state index in [1.807, 2.05) is 31.2 Å². The number of benzene rings is 1. The molecule has 2 nitrogen and oxygen atoms in total. The van der Waals surface area contributed by atoms with Crippen molar-refractivity contribution in [1.82, 2.24) is 5.32 Å². The van der Waals surface area contributed by atoms with E-state index in [1.54, 1.807) is 6.08 Å². The van der Waals surface area contributed by atoms with Crippen LogP contribution < -0.4 is 5.32 Å². The SMILES string of the molecule is CC1C=C(C(=O)C2(Cc3ccccc3)CCNC2)C=C(Cl)C1Cl. The minimum atomic E-state index is -0.389. The van der Waals surface area contributed by atoms with Gasteiger partial charge >= 0.3 is 0 Å². The summed E-state index contributed by atoms with van der Waals surface area (Å²) in [6.45, 7) is 3.58. The summed E-state index contributed by atoms with van der Waals surface area (Å²) in [7, 11) is 0. The molecule has 0 radical (unpaired) electrons. The second kappa shape index (κ2) is 6.80. The molecule has 3 unspecified atom stereocenters. The summed E-state index contributed by atoms with van der Waals surface area (Å²) in [6.07, 6.45) is 5.33. The molecule has 1 heterocycles. The van der Waals surface area contributed by atoms with Gasteiger partial charge in [0.25, 0.3) is 0 Å². The molecule has 0 amide bonds. The quantitative estimate of drug-likeness (QED) is 0.829. The third kappa shape index (κ3) is 3.40. The van der Waals surface area contributed by atoms with E-state index in [0.717, 1.165) is 19.4 Å². The topological polar surface area (TPSA) is 29.1 Å². The highest BCUT2D eigenvalue weighted by atomic mass is 35.5. The molecule has 0 saturated carbocycles. The summed E-state index contributed by atoms with van der Waals surface area (Å²) in [4.78, 5) is 13.3. The van der Waals surface area contributed by atoms with Gasteiger partial charge in [-0.25, -0.2) is 0 Å². The van der Waals surface area contributed by atoms with Crippen molar-refractivity contribution in [2.24, 2.45) is 11.3 Å². The Morgan fingerprint density at radius 1 is 1.35 bits per heavy atom. The Labute approximate surface area is 147 Å². The van der Waals surface area contributed by atoms with Crippen molar-refractivity contribution >= 4 is 29.0 Å². The van der Waals surface area contributed by atoms with Crippen LogP contribution in [0.25, 0.3) is 0 Å². The number of halogens is 2. The monoisotopic (exact) mass is 349 g/mol. The molecular weight excluding hydrogens is 329 g/mol. The van der Waals surface area contributed by atoms with Crippen molar-refractivity contribution in [2.75, 3.05) is 13.1 Å². The van der Waals surface area contributed by atoms with E-state index in [2.05, 4.69) is 17.4 Å². The van der Waals surface area contributed by atoms with Crippen molar-refractivity contribution in [2.45, 2.75) is 25.1 Å². The number of hydrogen-bond acceptors (Lipinski definition) is 2. The molecule has 1 aliphatic heterocycles. The van der Waals surface area contributed by atoms with Crippen molar-refractivity contribution in [3.63, 3.8) is 0 Å². The molecule has 23 heavy (non-hydrogen) atoms. The van der Waals surface area contributed by atoms with Gasteiger partial charge in [-0.05, 0) is 36.9 Å². The van der Waals surface area contributed by atoms with E-state index >= 15 is 0 Å². The van der Waals surface area contributed by atoms with E-state index in [0.29, 0.717) is 17.2 Å². The van der Waals surface area contributed by atoms with E-state index in [1.165, 1.54) is 5.56 Å². The summed E-state index contributed by atoms with van der Waals surface area (Å²) in [5, 5.41) is 3.68. The molecule has 3 rings (SSSR count). The molecule has 3 atom stereocenters. The first-order chi connectivity index (χ1) is 11.0. The first kappa shape index (κ1) is 16.8. The number of Topliss-reactive ketones (excluding diaryl/α,β-unsaturated/α-hetero) is 1. The molecular formula is C19H21Cl2NO. The highest BCUT2D eigenvalue weighted by molar-refractivity contribution is 6.38. The second-order valence-corrected chi connectivity index (χ2v) is 7.52. The van der Waals surface area contributed by atoms with Crippen LogP contribution in [0.15, 0.2) is 53.1 Å². The van der Waals surface area contributed by atoms with Crippen LogP contribution in [0.3, 0.4) is 0 Å². The first-order valence-corrected chi connectivity index (χ1v) is 8.86. The number of carbonyl (C=O) groups excluding carboxylic acids is 1. The highest BCUT2D eigenvalue weighted by Crippen LogP contribution is 2.38. The summed E-state index contributed by atoms with van der Waals surface area (Å²) < 4.78 is 0. The van der Waals surface area contributed by atoms with Crippen LogP contribution in [0.4, 0.5) is 0 Å². The van der Waals surface area contributed by atoms with Crippen LogP contribution in [0.2, 0.25) is 0 Å². The van der Waals surface area contributed by atoms with Crippen LogP contribution in [-0.2, 0) is 11.2 Å². The van der Waals surface area contributed by atoms with Gasteiger partial charge in [0.15, 0.2) is 5.78 Å². The zero-order chi connectivity index (χ0) is 16.4. The molecule has 122 valence electrons. The van der Waals surface area contributed by atoms with Gasteiger partial charge in [-0.15, -0.1) is 11.6 Å². The fraction of sp³-hybridized carbons (Fsp3) is 0.421. The number of allylic oxidation sites excluding steroid dienone is 4. The maximum absolute atomic E-state index is 13.3. The average Bonchev–Trinajstić information content (AvgIpc) is 3.02. The normalized spacial score (nSPS) is 30.7. The van der Waals surface area contributed by atoms with E-state index < -0.39 is 0 Å². The number of alkyl halides is 1. The lowest BCUT2D eigenvalue weighted by atomic mass is 9.73. The number of ketones is 1. The molecule has 1 fully saturated rings. The summed E-state index contributed by atoms with van der Waals surface area (Å²) >= 11 is 12.5. The smallest absolute Gasteiger partial charge is 0.170 e. The standard InChI is InChI=1S/C19H21Cl2NO/c1-13-9-15(10-16(20)17(13)21)18(23)19(7-8-22-12-19)11-14-5-3-2-4-6-14/h2-6,9-10,13,17,22H,7-8,11-12H2,1H3. The molecule has 0 bridgehead atoms. The largest absolute Gasteiger partial charge is 0.316 e. The fourth-order valence-electron chi connectivity index (χ4n) is 3.50. The molecule has 1 aliphatic carbocycles. The van der Waals surface area contributed by atoms with Gasteiger partial charge in [-0.3, -0.25) is 4.79 Å². The Kier molecular flexibility index (Phi) is 4.96. The third-order valence-electron chi connectivity index (χ3n) is 4.83. The van der Waals surface area contributed by atoms with Crippen molar-refractivity contribution in [1.29, 1.82) is 0 Å². The Morgan fingerprint density at radius 3 is 2.70 bits per heavy atom.